The highest BCUT2D eigenvalue weighted by Crippen LogP contribution is 2.28. The number of nitrogens with zero attached hydrogens (tertiary/aromatic N) is 2. The largest absolute Gasteiger partial charge is 0.490 e. The maximum absolute atomic E-state index is 12.4. The summed E-state index contributed by atoms with van der Waals surface area (Å²) in [4.78, 5) is 12.4. The number of hydrogen-bond acceptors (Lipinski definition) is 6. The predicted octanol–water partition coefficient (Wildman–Crippen LogP) is 4.75. The highest BCUT2D eigenvalue weighted by atomic mass is 16.6. The number of amides is 1. The van der Waals surface area contributed by atoms with Crippen LogP contribution in [0.2, 0.25) is 0 Å². The van der Waals surface area contributed by atoms with Gasteiger partial charge in [-0.2, -0.15) is 0 Å². The van der Waals surface area contributed by atoms with E-state index in [4.69, 9.17) is 14.1 Å². The lowest BCUT2D eigenvalue weighted by Crippen LogP contribution is -2.21. The summed E-state index contributed by atoms with van der Waals surface area (Å²) in [6.07, 6.45) is 1.67. The van der Waals surface area contributed by atoms with Crippen LogP contribution < -0.4 is 14.8 Å². The summed E-state index contributed by atoms with van der Waals surface area (Å²) in [6, 6.07) is 13.2. The van der Waals surface area contributed by atoms with Gasteiger partial charge in [-0.3, -0.25) is 4.79 Å². The monoisotopic (exact) mass is 407 g/mol. The minimum Gasteiger partial charge on any atom is -0.490 e. The normalized spacial score (nSPS) is 10.7. The van der Waals surface area contributed by atoms with E-state index >= 15 is 0 Å². The third-order valence-electron chi connectivity index (χ3n) is 4.39. The lowest BCUT2D eigenvalue weighted by molar-refractivity contribution is -0.118. The van der Waals surface area contributed by atoms with Crippen LogP contribution in [0.1, 0.15) is 30.9 Å². The quantitative estimate of drug-likeness (QED) is 0.515. The molecule has 3 rings (SSSR count). The van der Waals surface area contributed by atoms with Crippen molar-refractivity contribution < 1.29 is 18.9 Å². The second kappa shape index (κ2) is 9.73. The summed E-state index contributed by atoms with van der Waals surface area (Å²) in [5.41, 5.74) is 3.28. The van der Waals surface area contributed by atoms with Gasteiger partial charge in [-0.25, -0.2) is 4.63 Å². The average Bonchev–Trinajstić information content (AvgIpc) is 3.19. The van der Waals surface area contributed by atoms with Gasteiger partial charge in [0.15, 0.2) is 12.3 Å². The second-order valence-corrected chi connectivity index (χ2v) is 7.12. The number of rotatable bonds is 9. The maximum atomic E-state index is 12.4. The number of anilines is 1. The van der Waals surface area contributed by atoms with Gasteiger partial charge in [0.1, 0.15) is 18.1 Å². The first kappa shape index (κ1) is 21.1. The van der Waals surface area contributed by atoms with Gasteiger partial charge >= 0.3 is 0 Å². The van der Waals surface area contributed by atoms with Gasteiger partial charge in [-0.05, 0) is 64.6 Å². The number of aryl methyl sites for hydroxylation is 1. The van der Waals surface area contributed by atoms with Crippen molar-refractivity contribution in [1.29, 1.82) is 0 Å². The molecule has 0 saturated carbocycles. The van der Waals surface area contributed by atoms with E-state index in [1.807, 2.05) is 37.3 Å². The molecule has 1 aromatic heterocycles. The Kier molecular flexibility index (Phi) is 6.85. The smallest absolute Gasteiger partial charge is 0.263 e. The Morgan fingerprint density at radius 1 is 1.17 bits per heavy atom. The summed E-state index contributed by atoms with van der Waals surface area (Å²) in [7, 11) is 0. The Bertz CT molecular complexity index is 1010. The minimum atomic E-state index is -0.353. The number of aromatic nitrogens is 2. The van der Waals surface area contributed by atoms with Gasteiger partial charge in [0.25, 0.3) is 5.91 Å². The third-order valence-corrected chi connectivity index (χ3v) is 4.39. The Hall–Kier alpha value is -3.61. The van der Waals surface area contributed by atoms with E-state index in [1.54, 1.807) is 18.2 Å². The van der Waals surface area contributed by atoms with E-state index in [0.29, 0.717) is 23.8 Å². The molecule has 1 heterocycles. The average molecular weight is 407 g/mol. The standard InChI is InChI=1S/C23H25N3O4/c1-5-12-28-18-9-7-17(8-10-18)22-23(26-30-25-22)24-21(27)14-29-20-13-16(4)6-11-19(20)15(2)3/h5-11,13,15H,1,12,14H2,2-4H3,(H,24,26,27). The van der Waals surface area contributed by atoms with Gasteiger partial charge in [-0.1, -0.05) is 38.6 Å². The molecule has 0 aliphatic carbocycles. The Balaban J connectivity index is 1.66. The summed E-state index contributed by atoms with van der Waals surface area (Å²) >= 11 is 0. The van der Waals surface area contributed by atoms with Crippen molar-refractivity contribution in [2.24, 2.45) is 0 Å². The molecule has 0 aliphatic rings. The predicted molar refractivity (Wildman–Crippen MR) is 115 cm³/mol. The molecule has 2 aromatic carbocycles. The van der Waals surface area contributed by atoms with E-state index in [2.05, 4.69) is 36.1 Å². The molecule has 0 unspecified atom stereocenters. The number of benzene rings is 2. The molecule has 0 fully saturated rings. The topological polar surface area (TPSA) is 86.5 Å². The lowest BCUT2D eigenvalue weighted by Gasteiger charge is -2.14. The van der Waals surface area contributed by atoms with Crippen LogP contribution in [0.15, 0.2) is 59.7 Å². The Morgan fingerprint density at radius 2 is 1.93 bits per heavy atom. The zero-order valence-electron chi connectivity index (χ0n) is 17.3. The number of nitrogens with one attached hydrogen (secondary N) is 1. The number of ether oxygens (including phenoxy) is 2. The summed E-state index contributed by atoms with van der Waals surface area (Å²) in [5, 5.41) is 10.4. The number of carbonyl (C=O) groups is 1. The third kappa shape index (κ3) is 5.26. The van der Waals surface area contributed by atoms with Crippen molar-refractivity contribution in [1.82, 2.24) is 10.3 Å². The van der Waals surface area contributed by atoms with E-state index in [9.17, 15) is 4.79 Å². The molecule has 0 saturated heterocycles. The molecular weight excluding hydrogens is 382 g/mol. The van der Waals surface area contributed by atoms with Crippen LogP contribution >= 0.6 is 0 Å². The Labute approximate surface area is 175 Å². The molecule has 0 spiro atoms. The van der Waals surface area contributed by atoms with Crippen LogP contribution in [-0.4, -0.2) is 29.4 Å². The number of hydrogen-bond donors (Lipinski definition) is 1. The number of carbonyl (C=O) groups excluding carboxylic acids is 1. The highest BCUT2D eigenvalue weighted by Gasteiger charge is 2.16. The van der Waals surface area contributed by atoms with Gasteiger partial charge in [-0.15, -0.1) is 0 Å². The fourth-order valence-electron chi connectivity index (χ4n) is 2.88. The fraction of sp³-hybridized carbons (Fsp3) is 0.261. The summed E-state index contributed by atoms with van der Waals surface area (Å²) in [6.45, 7) is 10.0. The van der Waals surface area contributed by atoms with Gasteiger partial charge in [0.05, 0.1) is 0 Å². The minimum absolute atomic E-state index is 0.149. The van der Waals surface area contributed by atoms with Crippen LogP contribution in [0.5, 0.6) is 11.5 Å². The van der Waals surface area contributed by atoms with Crippen molar-refractivity contribution in [3.05, 3.63) is 66.2 Å². The second-order valence-electron chi connectivity index (χ2n) is 7.12. The van der Waals surface area contributed by atoms with Gasteiger partial charge in [0.2, 0.25) is 5.82 Å². The molecule has 1 N–H and O–H groups in total. The molecular formula is C23H25N3O4. The van der Waals surface area contributed by atoms with E-state index in [-0.39, 0.29) is 24.2 Å². The molecule has 0 atom stereocenters. The van der Waals surface area contributed by atoms with Crippen molar-refractivity contribution >= 4 is 11.7 Å². The van der Waals surface area contributed by atoms with E-state index in [1.165, 1.54) is 0 Å². The van der Waals surface area contributed by atoms with Gasteiger partial charge < -0.3 is 14.8 Å². The van der Waals surface area contributed by atoms with Crippen molar-refractivity contribution in [3.8, 4) is 22.8 Å². The summed E-state index contributed by atoms with van der Waals surface area (Å²) in [5.74, 6) is 1.57. The fourth-order valence-corrected chi connectivity index (χ4v) is 2.88. The van der Waals surface area contributed by atoms with Gasteiger partial charge in [0, 0.05) is 5.56 Å². The molecule has 30 heavy (non-hydrogen) atoms. The molecule has 7 nitrogen and oxygen atoms in total. The van der Waals surface area contributed by atoms with E-state index in [0.717, 1.165) is 16.7 Å². The Morgan fingerprint density at radius 3 is 2.63 bits per heavy atom. The molecule has 0 bridgehead atoms. The van der Waals surface area contributed by atoms with Crippen LogP contribution in [-0.2, 0) is 4.79 Å². The van der Waals surface area contributed by atoms with Crippen molar-refractivity contribution in [2.45, 2.75) is 26.7 Å². The zero-order valence-corrected chi connectivity index (χ0v) is 17.3. The maximum Gasteiger partial charge on any atom is 0.263 e. The van der Waals surface area contributed by atoms with Crippen LogP contribution in [0.25, 0.3) is 11.3 Å². The molecule has 156 valence electrons. The van der Waals surface area contributed by atoms with Crippen LogP contribution in [0, 0.1) is 6.92 Å². The molecule has 3 aromatic rings. The first-order chi connectivity index (χ1) is 14.5. The first-order valence-corrected chi connectivity index (χ1v) is 9.67. The highest BCUT2D eigenvalue weighted by molar-refractivity contribution is 5.94. The van der Waals surface area contributed by atoms with E-state index < -0.39 is 0 Å². The lowest BCUT2D eigenvalue weighted by atomic mass is 10.0. The van der Waals surface area contributed by atoms with Crippen LogP contribution in [0.4, 0.5) is 5.82 Å². The molecule has 0 radical (unpaired) electrons. The van der Waals surface area contributed by atoms with Crippen LogP contribution in [0.3, 0.4) is 0 Å². The first-order valence-electron chi connectivity index (χ1n) is 9.67. The van der Waals surface area contributed by atoms with Crippen molar-refractivity contribution in [2.75, 3.05) is 18.5 Å². The molecule has 1 amide bonds. The SMILES string of the molecule is C=CCOc1ccc(-c2nonc2NC(=O)COc2cc(C)ccc2C(C)C)cc1. The molecule has 7 heteroatoms. The van der Waals surface area contributed by atoms with Crippen molar-refractivity contribution in [3.63, 3.8) is 0 Å². The summed E-state index contributed by atoms with van der Waals surface area (Å²) < 4.78 is 16.1. The molecule has 0 aliphatic heterocycles. The zero-order chi connectivity index (χ0) is 21.5.